The van der Waals surface area contributed by atoms with Gasteiger partial charge >= 0.3 is 0 Å². The average Bonchev–Trinajstić information content (AvgIpc) is 2.27. The van der Waals surface area contributed by atoms with Gasteiger partial charge < -0.3 is 20.7 Å². The molecule has 1 heterocycles. The molecule has 6 nitrogen and oxygen atoms in total. The van der Waals surface area contributed by atoms with Crippen LogP contribution in [0.15, 0.2) is 0 Å². The Hall–Kier alpha value is -0.850. The second-order valence-electron chi connectivity index (χ2n) is 5.83. The summed E-state index contributed by atoms with van der Waals surface area (Å²) in [4.78, 5) is 23.2. The van der Waals surface area contributed by atoms with Crippen LogP contribution in [0, 0.1) is 0 Å². The molecule has 2 amide bonds. The van der Waals surface area contributed by atoms with E-state index in [0.29, 0.717) is 32.6 Å². The van der Waals surface area contributed by atoms with Crippen molar-refractivity contribution >= 4 is 24.2 Å². The Labute approximate surface area is 126 Å². The molecule has 1 aliphatic rings. The fourth-order valence-electron chi connectivity index (χ4n) is 1.84. The van der Waals surface area contributed by atoms with Gasteiger partial charge in [0.15, 0.2) is 0 Å². The highest BCUT2D eigenvalue weighted by Crippen LogP contribution is 2.00. The van der Waals surface area contributed by atoms with Gasteiger partial charge in [-0.3, -0.25) is 9.59 Å². The number of hydrogen-bond acceptors (Lipinski definition) is 4. The van der Waals surface area contributed by atoms with E-state index in [9.17, 15) is 9.59 Å². The first-order chi connectivity index (χ1) is 8.87. The van der Waals surface area contributed by atoms with Crippen molar-refractivity contribution in [3.05, 3.63) is 0 Å². The zero-order valence-electron chi connectivity index (χ0n) is 12.5. The lowest BCUT2D eigenvalue weighted by Gasteiger charge is -2.23. The van der Waals surface area contributed by atoms with Crippen molar-refractivity contribution in [3.8, 4) is 0 Å². The van der Waals surface area contributed by atoms with Gasteiger partial charge in [-0.1, -0.05) is 0 Å². The molecule has 0 bridgehead atoms. The predicted molar refractivity (Wildman–Crippen MR) is 80.0 cm³/mol. The number of morpholine rings is 1. The molecule has 0 aromatic rings. The summed E-state index contributed by atoms with van der Waals surface area (Å²) in [5, 5.41) is 8.82. The molecule has 0 spiro atoms. The van der Waals surface area contributed by atoms with Crippen molar-refractivity contribution in [3.63, 3.8) is 0 Å². The van der Waals surface area contributed by atoms with Crippen LogP contribution < -0.4 is 16.0 Å². The molecule has 1 aliphatic heterocycles. The molecule has 0 saturated carbocycles. The van der Waals surface area contributed by atoms with Crippen molar-refractivity contribution in [1.29, 1.82) is 0 Å². The third kappa shape index (κ3) is 9.12. The maximum Gasteiger partial charge on any atom is 0.222 e. The van der Waals surface area contributed by atoms with Crippen LogP contribution >= 0.6 is 12.4 Å². The number of rotatable bonds is 5. The maximum absolute atomic E-state index is 11.6. The van der Waals surface area contributed by atoms with Crippen LogP contribution in [-0.2, 0) is 14.3 Å². The second-order valence-corrected chi connectivity index (χ2v) is 5.83. The summed E-state index contributed by atoms with van der Waals surface area (Å²) >= 11 is 0. The topological polar surface area (TPSA) is 79.5 Å². The van der Waals surface area contributed by atoms with Gasteiger partial charge in [-0.05, 0) is 20.8 Å². The Bertz CT molecular complexity index is 312. The van der Waals surface area contributed by atoms with Crippen LogP contribution in [0.25, 0.3) is 0 Å². The molecular weight excluding hydrogens is 282 g/mol. The van der Waals surface area contributed by atoms with E-state index < -0.39 is 0 Å². The lowest BCUT2D eigenvalue weighted by Crippen LogP contribution is -2.45. The van der Waals surface area contributed by atoms with E-state index in [4.69, 9.17) is 4.74 Å². The second kappa shape index (κ2) is 9.15. The zero-order chi connectivity index (χ0) is 14.3. The summed E-state index contributed by atoms with van der Waals surface area (Å²) in [5.41, 5.74) is -0.232. The molecule has 7 heteroatoms. The van der Waals surface area contributed by atoms with Gasteiger partial charge in [0.25, 0.3) is 0 Å². The summed E-state index contributed by atoms with van der Waals surface area (Å²) in [5.74, 6) is -0.0986. The SMILES string of the molecule is CC(C)(C)NC(=O)CCNC(=O)CC1COCCN1.Cl. The van der Waals surface area contributed by atoms with Gasteiger partial charge in [-0.2, -0.15) is 0 Å². The average molecular weight is 308 g/mol. The molecule has 1 fully saturated rings. The number of hydrogen-bond donors (Lipinski definition) is 3. The maximum atomic E-state index is 11.6. The van der Waals surface area contributed by atoms with E-state index in [0.717, 1.165) is 6.54 Å². The largest absolute Gasteiger partial charge is 0.378 e. The zero-order valence-corrected chi connectivity index (χ0v) is 13.3. The minimum Gasteiger partial charge on any atom is -0.378 e. The van der Waals surface area contributed by atoms with Crippen LogP contribution in [0.5, 0.6) is 0 Å². The Kier molecular flexibility index (Phi) is 8.76. The molecule has 118 valence electrons. The van der Waals surface area contributed by atoms with Crippen molar-refractivity contribution in [2.45, 2.75) is 45.2 Å². The minimum absolute atomic E-state index is 0. The lowest BCUT2D eigenvalue weighted by atomic mass is 10.1. The van der Waals surface area contributed by atoms with Crippen molar-refractivity contribution in [1.82, 2.24) is 16.0 Å². The molecule has 1 atom stereocenters. The van der Waals surface area contributed by atoms with Gasteiger partial charge in [-0.25, -0.2) is 0 Å². The Balaban J connectivity index is 0.00000361. The normalized spacial score (nSPS) is 18.9. The summed E-state index contributed by atoms with van der Waals surface area (Å²) < 4.78 is 5.27. The Morgan fingerprint density at radius 2 is 2.00 bits per heavy atom. The molecule has 1 rings (SSSR count). The van der Waals surface area contributed by atoms with Crippen LogP contribution in [-0.4, -0.2) is 49.7 Å². The molecule has 3 N–H and O–H groups in total. The quantitative estimate of drug-likeness (QED) is 0.678. The first-order valence-electron chi connectivity index (χ1n) is 6.75. The molecule has 0 aromatic carbocycles. The smallest absolute Gasteiger partial charge is 0.222 e. The van der Waals surface area contributed by atoms with E-state index in [1.54, 1.807) is 0 Å². The van der Waals surface area contributed by atoms with Gasteiger partial charge in [0, 0.05) is 37.5 Å². The van der Waals surface area contributed by atoms with Crippen LogP contribution in [0.2, 0.25) is 0 Å². The highest BCUT2D eigenvalue weighted by Gasteiger charge is 2.17. The van der Waals surface area contributed by atoms with Crippen molar-refractivity contribution in [2.24, 2.45) is 0 Å². The number of amides is 2. The monoisotopic (exact) mass is 307 g/mol. The fourth-order valence-corrected chi connectivity index (χ4v) is 1.84. The highest BCUT2D eigenvalue weighted by atomic mass is 35.5. The third-order valence-corrected chi connectivity index (χ3v) is 2.62. The van der Waals surface area contributed by atoms with Gasteiger partial charge in [-0.15, -0.1) is 12.4 Å². The molecule has 20 heavy (non-hydrogen) atoms. The minimum atomic E-state index is -0.232. The van der Waals surface area contributed by atoms with Gasteiger partial charge in [0.2, 0.25) is 11.8 Å². The molecule has 0 radical (unpaired) electrons. The van der Waals surface area contributed by atoms with Crippen LogP contribution in [0.3, 0.4) is 0 Å². The Morgan fingerprint density at radius 1 is 1.30 bits per heavy atom. The molecular formula is C13H26ClN3O3. The number of carbonyl (C=O) groups is 2. The number of nitrogens with one attached hydrogen (secondary N) is 3. The van der Waals surface area contributed by atoms with E-state index in [1.807, 2.05) is 20.8 Å². The fraction of sp³-hybridized carbons (Fsp3) is 0.846. The summed E-state index contributed by atoms with van der Waals surface area (Å²) in [6.45, 7) is 8.21. The van der Waals surface area contributed by atoms with Gasteiger partial charge in [0.05, 0.1) is 13.2 Å². The molecule has 0 aromatic heterocycles. The summed E-state index contributed by atoms with van der Waals surface area (Å²) in [7, 11) is 0. The van der Waals surface area contributed by atoms with Crippen molar-refractivity contribution < 1.29 is 14.3 Å². The number of ether oxygens (including phenoxy) is 1. The van der Waals surface area contributed by atoms with Gasteiger partial charge in [0.1, 0.15) is 0 Å². The number of halogens is 1. The van der Waals surface area contributed by atoms with E-state index in [-0.39, 0.29) is 35.8 Å². The first-order valence-corrected chi connectivity index (χ1v) is 6.75. The van der Waals surface area contributed by atoms with E-state index in [1.165, 1.54) is 0 Å². The molecule has 1 saturated heterocycles. The highest BCUT2D eigenvalue weighted by molar-refractivity contribution is 5.85. The molecule has 1 unspecified atom stereocenters. The van der Waals surface area contributed by atoms with Crippen molar-refractivity contribution in [2.75, 3.05) is 26.3 Å². The van der Waals surface area contributed by atoms with Crippen LogP contribution in [0.1, 0.15) is 33.6 Å². The summed E-state index contributed by atoms with van der Waals surface area (Å²) in [6.07, 6.45) is 0.693. The summed E-state index contributed by atoms with van der Waals surface area (Å²) in [6, 6.07) is 0.0807. The van der Waals surface area contributed by atoms with E-state index in [2.05, 4.69) is 16.0 Å². The number of carbonyl (C=O) groups excluding carboxylic acids is 2. The van der Waals surface area contributed by atoms with Crippen LogP contribution in [0.4, 0.5) is 0 Å². The molecule has 0 aliphatic carbocycles. The predicted octanol–water partition coefficient (Wildman–Crippen LogP) is 0.208. The Morgan fingerprint density at radius 3 is 2.55 bits per heavy atom. The standard InChI is InChI=1S/C13H25N3O3.ClH/c1-13(2,3)16-11(17)4-5-15-12(18)8-10-9-19-7-6-14-10;/h10,14H,4-9H2,1-3H3,(H,15,18)(H,16,17);1H. The third-order valence-electron chi connectivity index (χ3n) is 2.62. The first kappa shape index (κ1) is 19.1. The lowest BCUT2D eigenvalue weighted by molar-refractivity contribution is -0.123. The van der Waals surface area contributed by atoms with E-state index >= 15 is 0 Å².